The number of anilines is 1. The van der Waals surface area contributed by atoms with E-state index in [1.54, 1.807) is 0 Å². The Kier molecular flexibility index (Phi) is 4.93. The van der Waals surface area contributed by atoms with Crippen LogP contribution in [-0.4, -0.2) is 13.0 Å². The average molecular weight is 333 g/mol. The number of carbonyl (C=O) groups excluding carboxylic acids is 1. The Bertz CT molecular complexity index is 626. The summed E-state index contributed by atoms with van der Waals surface area (Å²) in [7, 11) is 1.90. The van der Waals surface area contributed by atoms with E-state index in [2.05, 4.69) is 26.6 Å². The van der Waals surface area contributed by atoms with Gasteiger partial charge in [0.05, 0.1) is 5.56 Å². The van der Waals surface area contributed by atoms with Crippen LogP contribution in [0.25, 0.3) is 0 Å². The third-order valence-corrected chi connectivity index (χ3v) is 3.59. The molecular weight excluding hydrogens is 316 g/mol. The molecule has 2 N–H and O–H groups in total. The fraction of sp³-hybridized carbons (Fsp3) is 0.188. The highest BCUT2D eigenvalue weighted by atomic mass is 79.9. The normalized spacial score (nSPS) is 10.3. The number of rotatable bonds is 4. The van der Waals surface area contributed by atoms with E-state index in [0.717, 1.165) is 27.8 Å². The van der Waals surface area contributed by atoms with Crippen LogP contribution in [0.1, 0.15) is 21.5 Å². The van der Waals surface area contributed by atoms with Gasteiger partial charge in [0.2, 0.25) is 0 Å². The van der Waals surface area contributed by atoms with Crippen LogP contribution in [0.5, 0.6) is 0 Å². The topological polar surface area (TPSA) is 41.1 Å². The second-order valence-electron chi connectivity index (χ2n) is 4.67. The van der Waals surface area contributed by atoms with Crippen LogP contribution >= 0.6 is 15.9 Å². The summed E-state index contributed by atoms with van der Waals surface area (Å²) in [5, 5.41) is 6.01. The van der Waals surface area contributed by atoms with Crippen molar-refractivity contribution in [2.75, 3.05) is 12.4 Å². The fourth-order valence-electron chi connectivity index (χ4n) is 1.97. The highest BCUT2D eigenvalue weighted by molar-refractivity contribution is 9.10. The third kappa shape index (κ3) is 3.68. The molecule has 4 heteroatoms. The maximum atomic E-state index is 12.3. The monoisotopic (exact) mass is 332 g/mol. The standard InChI is InChI=1S/C16H17BrN2O/c1-11-6-7-14(15(17)8-11)16(20)19-13-5-3-4-12(9-13)10-18-2/h3-9,18H,10H2,1-2H3,(H,19,20). The van der Waals surface area contributed by atoms with Crippen molar-refractivity contribution in [2.45, 2.75) is 13.5 Å². The molecule has 0 aliphatic heterocycles. The van der Waals surface area contributed by atoms with Crippen LogP contribution in [0.4, 0.5) is 5.69 Å². The molecule has 104 valence electrons. The minimum atomic E-state index is -0.113. The molecule has 0 fully saturated rings. The second-order valence-corrected chi connectivity index (χ2v) is 5.52. The minimum absolute atomic E-state index is 0.113. The molecule has 2 aromatic rings. The second kappa shape index (κ2) is 6.68. The third-order valence-electron chi connectivity index (χ3n) is 2.93. The smallest absolute Gasteiger partial charge is 0.256 e. The Morgan fingerprint density at radius 2 is 2.00 bits per heavy atom. The zero-order chi connectivity index (χ0) is 14.5. The van der Waals surface area contributed by atoms with Crippen LogP contribution in [-0.2, 0) is 6.54 Å². The lowest BCUT2D eigenvalue weighted by Crippen LogP contribution is -2.13. The van der Waals surface area contributed by atoms with Crippen molar-refractivity contribution in [2.24, 2.45) is 0 Å². The van der Waals surface area contributed by atoms with Crippen molar-refractivity contribution in [3.05, 3.63) is 63.6 Å². The van der Waals surface area contributed by atoms with Crippen molar-refractivity contribution in [3.8, 4) is 0 Å². The van der Waals surface area contributed by atoms with Crippen LogP contribution in [0.3, 0.4) is 0 Å². The molecule has 20 heavy (non-hydrogen) atoms. The molecule has 0 unspecified atom stereocenters. The molecule has 0 saturated heterocycles. The first-order chi connectivity index (χ1) is 9.60. The molecule has 0 radical (unpaired) electrons. The van der Waals surface area contributed by atoms with E-state index < -0.39 is 0 Å². The molecule has 2 aromatic carbocycles. The summed E-state index contributed by atoms with van der Waals surface area (Å²) < 4.78 is 0.807. The summed E-state index contributed by atoms with van der Waals surface area (Å²) in [6.07, 6.45) is 0. The van der Waals surface area contributed by atoms with Crippen molar-refractivity contribution in [1.82, 2.24) is 5.32 Å². The van der Waals surface area contributed by atoms with Gasteiger partial charge in [-0.05, 0) is 65.3 Å². The Balaban J connectivity index is 2.17. The molecule has 3 nitrogen and oxygen atoms in total. The summed E-state index contributed by atoms with van der Waals surface area (Å²) in [6, 6.07) is 13.5. The molecule has 0 heterocycles. The molecule has 0 saturated carbocycles. The van der Waals surface area contributed by atoms with Crippen LogP contribution in [0.2, 0.25) is 0 Å². The van der Waals surface area contributed by atoms with E-state index in [-0.39, 0.29) is 5.91 Å². The van der Waals surface area contributed by atoms with E-state index in [9.17, 15) is 4.79 Å². The van der Waals surface area contributed by atoms with E-state index in [1.807, 2.05) is 56.4 Å². The van der Waals surface area contributed by atoms with Crippen molar-refractivity contribution < 1.29 is 4.79 Å². The number of hydrogen-bond acceptors (Lipinski definition) is 2. The summed E-state index contributed by atoms with van der Waals surface area (Å²) in [6.45, 7) is 2.77. The van der Waals surface area contributed by atoms with Gasteiger partial charge in [0.25, 0.3) is 5.91 Å². The highest BCUT2D eigenvalue weighted by Crippen LogP contribution is 2.20. The van der Waals surface area contributed by atoms with E-state index in [4.69, 9.17) is 0 Å². The van der Waals surface area contributed by atoms with Gasteiger partial charge < -0.3 is 10.6 Å². The van der Waals surface area contributed by atoms with Crippen molar-refractivity contribution in [1.29, 1.82) is 0 Å². The maximum absolute atomic E-state index is 12.3. The SMILES string of the molecule is CNCc1cccc(NC(=O)c2ccc(C)cc2Br)c1. The number of aryl methyl sites for hydroxylation is 1. The molecule has 0 spiro atoms. The lowest BCUT2D eigenvalue weighted by atomic mass is 10.1. The largest absolute Gasteiger partial charge is 0.322 e. The Morgan fingerprint density at radius 3 is 2.70 bits per heavy atom. The molecule has 0 bridgehead atoms. The first-order valence-corrected chi connectivity index (χ1v) is 7.20. The maximum Gasteiger partial charge on any atom is 0.256 e. The zero-order valence-corrected chi connectivity index (χ0v) is 13.1. The van der Waals surface area contributed by atoms with Crippen LogP contribution in [0.15, 0.2) is 46.9 Å². The van der Waals surface area contributed by atoms with Gasteiger partial charge >= 0.3 is 0 Å². The Hall–Kier alpha value is -1.65. The molecule has 0 atom stereocenters. The quantitative estimate of drug-likeness (QED) is 0.895. The highest BCUT2D eigenvalue weighted by Gasteiger charge is 2.10. The van der Waals surface area contributed by atoms with Gasteiger partial charge in [-0.3, -0.25) is 4.79 Å². The van der Waals surface area contributed by atoms with Crippen molar-refractivity contribution >= 4 is 27.5 Å². The van der Waals surface area contributed by atoms with E-state index >= 15 is 0 Å². The predicted molar refractivity (Wildman–Crippen MR) is 86.0 cm³/mol. The van der Waals surface area contributed by atoms with E-state index in [0.29, 0.717) is 5.56 Å². The van der Waals surface area contributed by atoms with Gasteiger partial charge in [0, 0.05) is 16.7 Å². The lowest BCUT2D eigenvalue weighted by Gasteiger charge is -2.09. The lowest BCUT2D eigenvalue weighted by molar-refractivity contribution is 0.102. The number of halogens is 1. The molecular formula is C16H17BrN2O. The molecule has 0 aromatic heterocycles. The fourth-order valence-corrected chi connectivity index (χ4v) is 2.64. The number of hydrogen-bond donors (Lipinski definition) is 2. The number of nitrogens with one attached hydrogen (secondary N) is 2. The van der Waals surface area contributed by atoms with Gasteiger partial charge in [-0.2, -0.15) is 0 Å². The van der Waals surface area contributed by atoms with Crippen LogP contribution in [0, 0.1) is 6.92 Å². The predicted octanol–water partition coefficient (Wildman–Crippen LogP) is 3.73. The number of amides is 1. The van der Waals surface area contributed by atoms with Gasteiger partial charge in [-0.1, -0.05) is 18.2 Å². The average Bonchev–Trinajstić information content (AvgIpc) is 2.39. The van der Waals surface area contributed by atoms with Gasteiger partial charge in [0.1, 0.15) is 0 Å². The number of benzene rings is 2. The Morgan fingerprint density at radius 1 is 1.20 bits per heavy atom. The zero-order valence-electron chi connectivity index (χ0n) is 11.5. The minimum Gasteiger partial charge on any atom is -0.322 e. The summed E-state index contributed by atoms with van der Waals surface area (Å²) >= 11 is 3.43. The summed E-state index contributed by atoms with van der Waals surface area (Å²) in [5.41, 5.74) is 3.68. The van der Waals surface area contributed by atoms with Crippen molar-refractivity contribution in [3.63, 3.8) is 0 Å². The van der Waals surface area contributed by atoms with Gasteiger partial charge in [-0.25, -0.2) is 0 Å². The Labute approximate surface area is 127 Å². The van der Waals surface area contributed by atoms with Gasteiger partial charge in [-0.15, -0.1) is 0 Å². The molecule has 1 amide bonds. The number of carbonyl (C=O) groups is 1. The first kappa shape index (κ1) is 14.8. The molecule has 2 rings (SSSR count). The molecule has 0 aliphatic rings. The molecule has 0 aliphatic carbocycles. The van der Waals surface area contributed by atoms with Gasteiger partial charge in [0.15, 0.2) is 0 Å². The first-order valence-electron chi connectivity index (χ1n) is 6.41. The van der Waals surface area contributed by atoms with Crippen LogP contribution < -0.4 is 10.6 Å². The summed E-state index contributed by atoms with van der Waals surface area (Å²) in [4.78, 5) is 12.3. The van der Waals surface area contributed by atoms with E-state index in [1.165, 1.54) is 0 Å². The summed E-state index contributed by atoms with van der Waals surface area (Å²) in [5.74, 6) is -0.113.